The van der Waals surface area contributed by atoms with Gasteiger partial charge < -0.3 is 34.9 Å². The molecule has 8 rings (SSSR count). The number of alkyl carbamates (subject to hydrolysis) is 2. The van der Waals surface area contributed by atoms with E-state index in [2.05, 4.69) is 64.1 Å². The van der Waals surface area contributed by atoms with Crippen LogP contribution in [0, 0.1) is 11.8 Å². The third-order valence-electron chi connectivity index (χ3n) is 12.6. The van der Waals surface area contributed by atoms with E-state index in [1.807, 2.05) is 22.2 Å². The first-order valence-electron chi connectivity index (χ1n) is 20.1. The number of carbonyl (C=O) groups excluding carboxylic acids is 4. The maximum atomic E-state index is 13.7. The Morgan fingerprint density at radius 1 is 0.661 bits per heavy atom. The van der Waals surface area contributed by atoms with Crippen molar-refractivity contribution in [3.63, 3.8) is 0 Å². The quantitative estimate of drug-likeness (QED) is 0.221. The number of hydrogen-bond acceptors (Lipinski definition) is 8. The maximum absolute atomic E-state index is 13.7. The number of H-pyrrole nitrogens is 1. The largest absolute Gasteiger partial charge is 0.453 e. The van der Waals surface area contributed by atoms with E-state index in [-0.39, 0.29) is 47.8 Å². The molecule has 0 bridgehead atoms. The third-order valence-corrected chi connectivity index (χ3v) is 12.6. The minimum atomic E-state index is -0.494. The average Bonchev–Trinajstić information content (AvgIpc) is 4.07. The second-order valence-corrected chi connectivity index (χ2v) is 15.7. The molecule has 56 heavy (non-hydrogen) atoms. The van der Waals surface area contributed by atoms with Crippen molar-refractivity contribution in [2.24, 2.45) is 16.8 Å². The molecule has 5 aliphatic rings. The highest BCUT2D eigenvalue weighted by atomic mass is 16.5. The monoisotopic (exact) mass is 761 g/mol. The summed E-state index contributed by atoms with van der Waals surface area (Å²) in [4.78, 5) is 68.2. The van der Waals surface area contributed by atoms with E-state index in [4.69, 9.17) is 19.5 Å². The number of benzene rings is 2. The molecule has 6 atom stereocenters. The fourth-order valence-corrected chi connectivity index (χ4v) is 9.59. The van der Waals surface area contributed by atoms with E-state index in [9.17, 15) is 19.2 Å². The van der Waals surface area contributed by atoms with Crippen molar-refractivity contribution >= 4 is 35.3 Å². The van der Waals surface area contributed by atoms with Crippen LogP contribution < -0.4 is 10.6 Å². The summed E-state index contributed by atoms with van der Waals surface area (Å²) in [6, 6.07) is 16.4. The molecular weight excluding hydrogens is 711 g/mol. The molecule has 3 aromatic rings. The van der Waals surface area contributed by atoms with Gasteiger partial charge in [0.2, 0.25) is 11.8 Å². The number of methoxy groups -OCH3 is 2. The fraction of sp³-hybridized carbons (Fsp3) is 0.488. The van der Waals surface area contributed by atoms with Crippen molar-refractivity contribution in [3.05, 3.63) is 72.3 Å². The third kappa shape index (κ3) is 7.55. The molecule has 4 fully saturated rings. The minimum Gasteiger partial charge on any atom is -0.453 e. The summed E-state index contributed by atoms with van der Waals surface area (Å²) >= 11 is 0. The van der Waals surface area contributed by atoms with Gasteiger partial charge in [-0.25, -0.2) is 14.6 Å². The topological polar surface area (TPSA) is 158 Å². The molecule has 13 heteroatoms. The molecule has 1 aromatic heterocycles. The molecule has 0 spiro atoms. The lowest BCUT2D eigenvalue weighted by Gasteiger charge is -2.30. The molecular formula is C43H51N7O6. The van der Waals surface area contributed by atoms with Crippen molar-refractivity contribution in [3.8, 4) is 22.4 Å². The number of nitrogens with zero attached hydrogens (tertiary/aromatic N) is 4. The highest BCUT2D eigenvalue weighted by Crippen LogP contribution is 2.38. The molecule has 294 valence electrons. The molecule has 3 aliphatic heterocycles. The van der Waals surface area contributed by atoms with Crippen LogP contribution in [-0.4, -0.2) is 94.9 Å². The van der Waals surface area contributed by atoms with Gasteiger partial charge in [-0.1, -0.05) is 61.4 Å². The van der Waals surface area contributed by atoms with Gasteiger partial charge in [0.05, 0.1) is 50.0 Å². The van der Waals surface area contributed by atoms with Gasteiger partial charge in [-0.05, 0) is 79.2 Å². The number of likely N-dealkylation sites (tertiary alicyclic amines) is 2. The summed E-state index contributed by atoms with van der Waals surface area (Å²) in [7, 11) is 2.69. The molecule has 2 saturated carbocycles. The summed E-state index contributed by atoms with van der Waals surface area (Å²) in [5, 5.41) is 5.74. The Kier molecular flexibility index (Phi) is 10.9. The van der Waals surface area contributed by atoms with Gasteiger partial charge >= 0.3 is 12.2 Å². The van der Waals surface area contributed by atoms with Crippen LogP contribution in [0.5, 0.6) is 0 Å². The van der Waals surface area contributed by atoms with Crippen LogP contribution in [0.2, 0.25) is 0 Å². The maximum Gasteiger partial charge on any atom is 0.407 e. The van der Waals surface area contributed by atoms with Crippen molar-refractivity contribution < 1.29 is 28.7 Å². The van der Waals surface area contributed by atoms with Gasteiger partial charge in [0.15, 0.2) is 0 Å². The number of aromatic amines is 1. The SMILES string of the molecule is COC(=O)N[C@H]1CCCC1C(=O)N1CCC[C@H]1c1ncc(-c2ccc(-c3ccc(C4=CN=C([C@@H]5CCCN5C(=O)[C@H]5CCC[C@@H]5NC(=O)OC)C4)cc3)cc2)[nH]1. The lowest BCUT2D eigenvalue weighted by Crippen LogP contribution is -2.48. The molecule has 2 saturated heterocycles. The van der Waals surface area contributed by atoms with Crippen LogP contribution in [0.3, 0.4) is 0 Å². The van der Waals surface area contributed by atoms with E-state index < -0.39 is 12.2 Å². The number of aromatic nitrogens is 2. The Bertz CT molecular complexity index is 2010. The van der Waals surface area contributed by atoms with Crippen molar-refractivity contribution in [2.75, 3.05) is 27.3 Å². The molecule has 4 amide bonds. The van der Waals surface area contributed by atoms with E-state index >= 15 is 0 Å². The van der Waals surface area contributed by atoms with Crippen LogP contribution >= 0.6 is 0 Å². The van der Waals surface area contributed by atoms with Gasteiger partial charge in [-0.2, -0.15) is 0 Å². The number of carbonyl (C=O) groups is 4. The van der Waals surface area contributed by atoms with E-state index in [1.165, 1.54) is 14.2 Å². The summed E-state index contributed by atoms with van der Waals surface area (Å²) in [6.07, 6.45) is 12.0. The standard InChI is InChI=1S/C43H51N7O6/c1-55-42(53)47-33-9-3-7-31(33)40(51)49-21-5-11-37(49)35-23-30(24-44-35)28-15-13-26(14-16-28)27-17-19-29(20-18-27)36-25-45-39(46-36)38-12-6-22-50(38)41(52)32-8-4-10-34(32)48-43(54)56-2/h13-20,24-25,31-34,37-38H,3-12,21-23H2,1-2H3,(H,45,46)(H,47,53)(H,48,54)/t31-,32?,33-,34-,37-,38-/m0/s1. The summed E-state index contributed by atoms with van der Waals surface area (Å²) in [5.41, 5.74) is 7.42. The van der Waals surface area contributed by atoms with Crippen LogP contribution in [0.1, 0.15) is 88.1 Å². The molecule has 13 nitrogen and oxygen atoms in total. The number of rotatable bonds is 9. The van der Waals surface area contributed by atoms with Gasteiger partial charge in [0.25, 0.3) is 0 Å². The number of ether oxygens (including phenoxy) is 2. The Morgan fingerprint density at radius 3 is 1.75 bits per heavy atom. The lowest BCUT2D eigenvalue weighted by atomic mass is 9.95. The van der Waals surface area contributed by atoms with E-state index in [0.29, 0.717) is 19.5 Å². The van der Waals surface area contributed by atoms with Gasteiger partial charge in [-0.15, -0.1) is 0 Å². The smallest absolute Gasteiger partial charge is 0.407 e. The molecule has 2 aliphatic carbocycles. The summed E-state index contributed by atoms with van der Waals surface area (Å²) < 4.78 is 9.59. The van der Waals surface area contributed by atoms with Crippen molar-refractivity contribution in [2.45, 2.75) is 94.8 Å². The summed E-state index contributed by atoms with van der Waals surface area (Å²) in [5.74, 6) is 0.508. The lowest BCUT2D eigenvalue weighted by molar-refractivity contribution is -0.137. The average molecular weight is 762 g/mol. The molecule has 4 heterocycles. The second kappa shape index (κ2) is 16.3. The van der Waals surface area contributed by atoms with Crippen molar-refractivity contribution in [1.82, 2.24) is 30.4 Å². The second-order valence-electron chi connectivity index (χ2n) is 15.7. The van der Waals surface area contributed by atoms with E-state index in [1.54, 1.807) is 0 Å². The van der Waals surface area contributed by atoms with Crippen LogP contribution in [0.25, 0.3) is 28.0 Å². The predicted octanol–water partition coefficient (Wildman–Crippen LogP) is 6.63. The van der Waals surface area contributed by atoms with Crippen LogP contribution in [0.15, 0.2) is 65.9 Å². The van der Waals surface area contributed by atoms with Gasteiger partial charge in [0.1, 0.15) is 5.82 Å². The normalized spacial score (nSPS) is 25.9. The molecule has 0 radical (unpaired) electrons. The Hall–Kier alpha value is -5.46. The molecule has 1 unspecified atom stereocenters. The Labute approximate surface area is 327 Å². The Morgan fingerprint density at radius 2 is 1.18 bits per heavy atom. The first-order chi connectivity index (χ1) is 27.3. The number of allylic oxidation sites excluding steroid dienone is 1. The number of amides is 4. The highest BCUT2D eigenvalue weighted by Gasteiger charge is 2.43. The fourth-order valence-electron chi connectivity index (χ4n) is 9.59. The molecule has 2 aromatic carbocycles. The highest BCUT2D eigenvalue weighted by molar-refractivity contribution is 6.03. The zero-order valence-electron chi connectivity index (χ0n) is 32.2. The first kappa shape index (κ1) is 37.5. The van der Waals surface area contributed by atoms with Gasteiger partial charge in [-0.3, -0.25) is 14.6 Å². The van der Waals surface area contributed by atoms with E-state index in [0.717, 1.165) is 109 Å². The number of hydrogen-bond donors (Lipinski definition) is 3. The zero-order valence-corrected chi connectivity index (χ0v) is 32.2. The number of aliphatic imine (C=N–C) groups is 1. The minimum absolute atomic E-state index is 0.0134. The predicted molar refractivity (Wildman–Crippen MR) is 211 cm³/mol. The molecule has 3 N–H and O–H groups in total. The van der Waals surface area contributed by atoms with Crippen LogP contribution in [0.4, 0.5) is 9.59 Å². The summed E-state index contributed by atoms with van der Waals surface area (Å²) in [6.45, 7) is 1.40. The first-order valence-corrected chi connectivity index (χ1v) is 20.1. The van der Waals surface area contributed by atoms with Gasteiger partial charge in [0, 0.05) is 43.5 Å². The Balaban J connectivity index is 0.871. The zero-order chi connectivity index (χ0) is 38.8. The van der Waals surface area contributed by atoms with Crippen molar-refractivity contribution in [1.29, 1.82) is 0 Å². The van der Waals surface area contributed by atoms with Crippen LogP contribution in [-0.2, 0) is 19.1 Å². The number of imidazole rings is 1. The number of nitrogens with one attached hydrogen (secondary N) is 3.